The Labute approximate surface area is 168 Å². The average molecular weight is 400 g/mol. The number of aryl methyl sites for hydroxylation is 1. The van der Waals surface area contributed by atoms with Gasteiger partial charge in [0.1, 0.15) is 11.4 Å². The molecular formula is C21H22ClN3O3. The summed E-state index contributed by atoms with van der Waals surface area (Å²) in [5.41, 5.74) is 3.19. The molecule has 3 aromatic rings. The van der Waals surface area contributed by atoms with Crippen LogP contribution >= 0.6 is 11.6 Å². The molecule has 1 saturated heterocycles. The minimum Gasteiger partial charge on any atom is -0.508 e. The smallest absolute Gasteiger partial charge is 0.223 e. The number of aromatic hydroxyl groups is 3. The van der Waals surface area contributed by atoms with Crippen molar-refractivity contribution in [2.24, 2.45) is 0 Å². The van der Waals surface area contributed by atoms with Crippen LogP contribution < -0.4 is 9.80 Å². The fourth-order valence-corrected chi connectivity index (χ4v) is 3.73. The van der Waals surface area contributed by atoms with Crippen molar-refractivity contribution in [3.8, 4) is 23.2 Å². The molecule has 2 aromatic carbocycles. The van der Waals surface area contributed by atoms with Crippen LogP contribution in [0.3, 0.4) is 0 Å². The van der Waals surface area contributed by atoms with E-state index in [-0.39, 0.29) is 17.5 Å². The predicted octanol–water partition coefficient (Wildman–Crippen LogP) is 3.88. The number of piperazine rings is 1. The molecule has 146 valence electrons. The van der Waals surface area contributed by atoms with E-state index in [1.54, 1.807) is 24.3 Å². The second-order valence-corrected chi connectivity index (χ2v) is 7.38. The van der Waals surface area contributed by atoms with Crippen molar-refractivity contribution in [3.63, 3.8) is 0 Å². The molecule has 7 heteroatoms. The molecule has 0 radical (unpaired) electrons. The zero-order valence-corrected chi connectivity index (χ0v) is 16.3. The largest absolute Gasteiger partial charge is 0.508 e. The van der Waals surface area contributed by atoms with Crippen LogP contribution in [-0.4, -0.2) is 46.1 Å². The minimum absolute atomic E-state index is 0.00416. The number of anilines is 2. The van der Waals surface area contributed by atoms with Crippen molar-refractivity contribution in [1.82, 2.24) is 4.57 Å². The van der Waals surface area contributed by atoms with Gasteiger partial charge in [0.15, 0.2) is 0 Å². The Hall–Kier alpha value is -2.99. The highest BCUT2D eigenvalue weighted by Crippen LogP contribution is 2.39. The molecule has 0 spiro atoms. The van der Waals surface area contributed by atoms with Crippen molar-refractivity contribution < 1.29 is 15.3 Å². The van der Waals surface area contributed by atoms with Gasteiger partial charge < -0.3 is 25.1 Å². The lowest BCUT2D eigenvalue weighted by molar-refractivity contribution is 0.402. The molecule has 0 amide bonds. The maximum Gasteiger partial charge on any atom is 0.223 e. The number of phenols is 1. The van der Waals surface area contributed by atoms with Gasteiger partial charge in [-0.2, -0.15) is 0 Å². The van der Waals surface area contributed by atoms with Crippen molar-refractivity contribution in [1.29, 1.82) is 0 Å². The van der Waals surface area contributed by atoms with Crippen LogP contribution in [0.1, 0.15) is 5.56 Å². The number of phenolic OH excluding ortho intramolecular Hbond substituents is 1. The SMILES string of the molecule is Cc1ccc(-n2c(O)cc(N3CCN(c4ccc(O)cc4)CC3)c2O)cc1Cl. The van der Waals surface area contributed by atoms with E-state index >= 15 is 0 Å². The Kier molecular flexibility index (Phi) is 4.73. The van der Waals surface area contributed by atoms with Gasteiger partial charge in [0.25, 0.3) is 0 Å². The Morgan fingerprint density at radius 3 is 2.04 bits per heavy atom. The lowest BCUT2D eigenvalue weighted by Gasteiger charge is -2.36. The van der Waals surface area contributed by atoms with Crippen LogP contribution in [-0.2, 0) is 0 Å². The molecule has 1 aromatic heterocycles. The zero-order valence-electron chi connectivity index (χ0n) is 15.5. The minimum atomic E-state index is -0.0339. The summed E-state index contributed by atoms with van der Waals surface area (Å²) in [5.74, 6) is 0.212. The first-order valence-corrected chi connectivity index (χ1v) is 9.51. The molecule has 0 aliphatic carbocycles. The Bertz CT molecular complexity index is 993. The lowest BCUT2D eigenvalue weighted by Crippen LogP contribution is -2.46. The van der Waals surface area contributed by atoms with Crippen LogP contribution in [0, 0.1) is 6.92 Å². The van der Waals surface area contributed by atoms with E-state index in [0.717, 1.165) is 24.3 Å². The van der Waals surface area contributed by atoms with E-state index in [2.05, 4.69) is 9.80 Å². The molecule has 28 heavy (non-hydrogen) atoms. The summed E-state index contributed by atoms with van der Waals surface area (Å²) in [6.45, 7) is 4.85. The van der Waals surface area contributed by atoms with Crippen LogP contribution in [0.15, 0.2) is 48.5 Å². The first-order valence-electron chi connectivity index (χ1n) is 9.13. The maximum absolute atomic E-state index is 10.8. The highest BCUT2D eigenvalue weighted by atomic mass is 35.5. The van der Waals surface area contributed by atoms with Gasteiger partial charge in [-0.05, 0) is 48.9 Å². The van der Waals surface area contributed by atoms with Gasteiger partial charge in [-0.3, -0.25) is 0 Å². The summed E-state index contributed by atoms with van der Waals surface area (Å²) in [6.07, 6.45) is 0. The number of halogens is 1. The summed E-state index contributed by atoms with van der Waals surface area (Å²) in [5, 5.41) is 31.2. The van der Waals surface area contributed by atoms with Crippen LogP contribution in [0.4, 0.5) is 11.4 Å². The van der Waals surface area contributed by atoms with E-state index in [1.165, 1.54) is 4.57 Å². The Balaban J connectivity index is 1.54. The topological polar surface area (TPSA) is 72.1 Å². The molecule has 3 N–H and O–H groups in total. The first kappa shape index (κ1) is 18.4. The van der Waals surface area contributed by atoms with Gasteiger partial charge >= 0.3 is 0 Å². The third-order valence-corrected chi connectivity index (χ3v) is 5.59. The first-order chi connectivity index (χ1) is 13.4. The van der Waals surface area contributed by atoms with Crippen LogP contribution in [0.5, 0.6) is 17.5 Å². The van der Waals surface area contributed by atoms with E-state index in [0.29, 0.717) is 29.5 Å². The summed E-state index contributed by atoms with van der Waals surface area (Å²) >= 11 is 6.20. The third-order valence-electron chi connectivity index (χ3n) is 5.18. The summed E-state index contributed by atoms with van der Waals surface area (Å²) < 4.78 is 1.40. The van der Waals surface area contributed by atoms with Gasteiger partial charge in [0.2, 0.25) is 11.8 Å². The maximum atomic E-state index is 10.8. The van der Waals surface area contributed by atoms with Crippen molar-refractivity contribution in [2.45, 2.75) is 6.92 Å². The summed E-state index contributed by atoms with van der Waals surface area (Å²) in [6, 6.07) is 14.1. The van der Waals surface area contributed by atoms with Crippen LogP contribution in [0.2, 0.25) is 5.02 Å². The highest BCUT2D eigenvalue weighted by molar-refractivity contribution is 6.31. The van der Waals surface area contributed by atoms with Gasteiger partial charge in [-0.15, -0.1) is 0 Å². The van der Waals surface area contributed by atoms with Gasteiger partial charge in [0, 0.05) is 43.0 Å². The highest BCUT2D eigenvalue weighted by Gasteiger charge is 2.24. The average Bonchev–Trinajstić information content (AvgIpc) is 2.99. The summed E-state index contributed by atoms with van der Waals surface area (Å²) in [7, 11) is 0. The van der Waals surface area contributed by atoms with Crippen LogP contribution in [0.25, 0.3) is 5.69 Å². The van der Waals surface area contributed by atoms with Gasteiger partial charge in [0.05, 0.1) is 5.69 Å². The zero-order chi connectivity index (χ0) is 19.8. The molecular weight excluding hydrogens is 378 g/mol. The molecule has 1 aliphatic rings. The molecule has 0 atom stereocenters. The van der Waals surface area contributed by atoms with Crippen molar-refractivity contribution in [3.05, 3.63) is 59.1 Å². The molecule has 6 nitrogen and oxygen atoms in total. The molecule has 1 aliphatic heterocycles. The predicted molar refractivity (Wildman–Crippen MR) is 111 cm³/mol. The second kappa shape index (κ2) is 7.20. The fraction of sp³-hybridized carbons (Fsp3) is 0.238. The van der Waals surface area contributed by atoms with E-state index in [1.807, 2.05) is 31.2 Å². The number of nitrogens with zero attached hydrogens (tertiary/aromatic N) is 3. The number of benzene rings is 2. The lowest BCUT2D eigenvalue weighted by atomic mass is 10.2. The standard InChI is InChI=1S/C21H22ClN3O3/c1-14-2-3-16(12-18(14)22)25-20(27)13-19(21(25)28)24-10-8-23(9-11-24)15-4-6-17(26)7-5-15/h2-7,12-13,26-28H,8-11H2,1H3. The quantitative estimate of drug-likeness (QED) is 0.623. The fourth-order valence-electron chi connectivity index (χ4n) is 3.55. The number of hydrogen-bond acceptors (Lipinski definition) is 5. The van der Waals surface area contributed by atoms with Gasteiger partial charge in [-0.1, -0.05) is 17.7 Å². The van der Waals surface area contributed by atoms with Gasteiger partial charge in [-0.25, -0.2) is 4.57 Å². The monoisotopic (exact) mass is 399 g/mol. The Morgan fingerprint density at radius 1 is 0.786 bits per heavy atom. The van der Waals surface area contributed by atoms with Crippen molar-refractivity contribution >= 4 is 23.0 Å². The number of rotatable bonds is 3. The van der Waals surface area contributed by atoms with E-state index < -0.39 is 0 Å². The molecule has 0 bridgehead atoms. The molecule has 4 rings (SSSR count). The normalized spacial score (nSPS) is 14.5. The van der Waals surface area contributed by atoms with Crippen molar-refractivity contribution in [2.75, 3.05) is 36.0 Å². The van der Waals surface area contributed by atoms with E-state index in [9.17, 15) is 15.3 Å². The summed E-state index contributed by atoms with van der Waals surface area (Å²) in [4.78, 5) is 4.28. The Morgan fingerprint density at radius 2 is 1.39 bits per heavy atom. The molecule has 2 heterocycles. The molecule has 0 unspecified atom stereocenters. The third kappa shape index (κ3) is 3.31. The number of hydrogen-bond donors (Lipinski definition) is 3. The number of aromatic nitrogens is 1. The second-order valence-electron chi connectivity index (χ2n) is 6.97. The molecule has 0 saturated carbocycles. The molecule has 1 fully saturated rings. The van der Waals surface area contributed by atoms with E-state index in [4.69, 9.17) is 11.6 Å².